The molecule has 1 saturated carbocycles. The fourth-order valence-electron chi connectivity index (χ4n) is 3.64. The van der Waals surface area contributed by atoms with Gasteiger partial charge in [0.05, 0.1) is 6.26 Å². The van der Waals surface area contributed by atoms with Crippen molar-refractivity contribution >= 4 is 5.96 Å². The Morgan fingerprint density at radius 1 is 1.12 bits per heavy atom. The molecule has 0 spiro atoms. The largest absolute Gasteiger partial charge is 0.469 e. The van der Waals surface area contributed by atoms with Gasteiger partial charge in [-0.15, -0.1) is 0 Å². The van der Waals surface area contributed by atoms with E-state index in [0.717, 1.165) is 50.7 Å². The van der Waals surface area contributed by atoms with Crippen LogP contribution >= 0.6 is 0 Å². The summed E-state index contributed by atoms with van der Waals surface area (Å²) in [7, 11) is 0. The van der Waals surface area contributed by atoms with E-state index in [1.54, 1.807) is 6.26 Å². The quantitative estimate of drug-likeness (QED) is 0.632. The lowest BCUT2D eigenvalue weighted by Crippen LogP contribution is -2.50. The van der Waals surface area contributed by atoms with Crippen LogP contribution in [-0.4, -0.2) is 37.8 Å². The summed E-state index contributed by atoms with van der Waals surface area (Å²) in [4.78, 5) is 4.82. The Labute approximate surface area is 151 Å². The van der Waals surface area contributed by atoms with Crippen molar-refractivity contribution in [2.45, 2.75) is 70.9 Å². The molecule has 3 rings (SSSR count). The van der Waals surface area contributed by atoms with E-state index in [9.17, 15) is 0 Å². The van der Waals surface area contributed by atoms with Gasteiger partial charge in [0.15, 0.2) is 5.96 Å². The number of nitrogens with zero attached hydrogens (tertiary/aromatic N) is 1. The first-order valence-corrected chi connectivity index (χ1v) is 9.78. The molecule has 1 aliphatic carbocycles. The number of aliphatic imine (C=N–C) groups is 1. The maximum absolute atomic E-state index is 5.47. The normalized spacial score (nSPS) is 22.7. The third kappa shape index (κ3) is 6.07. The smallest absolute Gasteiger partial charge is 0.191 e. The summed E-state index contributed by atoms with van der Waals surface area (Å²) >= 11 is 0. The fourth-order valence-corrected chi connectivity index (χ4v) is 3.64. The van der Waals surface area contributed by atoms with Crippen LogP contribution in [0.25, 0.3) is 0 Å². The first-order valence-electron chi connectivity index (χ1n) is 9.78. The van der Waals surface area contributed by atoms with Crippen molar-refractivity contribution in [1.29, 1.82) is 0 Å². The van der Waals surface area contributed by atoms with Crippen LogP contribution in [0.2, 0.25) is 0 Å². The molecule has 1 aliphatic heterocycles. The number of guanidine groups is 1. The maximum atomic E-state index is 5.47. The SMILES string of the molecule is CC1(C)CCC(NC(=NCCc2ccco2)NC2CCOCC2)CC1. The van der Waals surface area contributed by atoms with Gasteiger partial charge in [-0.25, -0.2) is 0 Å². The molecule has 140 valence electrons. The molecular formula is C20H33N3O2. The minimum absolute atomic E-state index is 0.462. The predicted molar refractivity (Wildman–Crippen MR) is 101 cm³/mol. The van der Waals surface area contributed by atoms with Gasteiger partial charge in [-0.1, -0.05) is 13.8 Å². The number of furan rings is 1. The monoisotopic (exact) mass is 347 g/mol. The average molecular weight is 348 g/mol. The molecule has 2 aliphatic rings. The van der Waals surface area contributed by atoms with E-state index in [1.165, 1.54) is 25.7 Å². The van der Waals surface area contributed by atoms with Crippen molar-refractivity contribution in [3.05, 3.63) is 24.2 Å². The van der Waals surface area contributed by atoms with Crippen molar-refractivity contribution in [2.24, 2.45) is 10.4 Å². The number of hydrogen-bond acceptors (Lipinski definition) is 3. The van der Waals surface area contributed by atoms with Crippen LogP contribution in [0.3, 0.4) is 0 Å². The molecule has 1 aromatic rings. The van der Waals surface area contributed by atoms with E-state index in [2.05, 4.69) is 24.5 Å². The molecule has 25 heavy (non-hydrogen) atoms. The van der Waals surface area contributed by atoms with Crippen LogP contribution in [0.1, 0.15) is 58.1 Å². The number of nitrogens with one attached hydrogen (secondary N) is 2. The van der Waals surface area contributed by atoms with Gasteiger partial charge in [0.1, 0.15) is 5.76 Å². The summed E-state index contributed by atoms with van der Waals surface area (Å²) < 4.78 is 10.9. The molecular weight excluding hydrogens is 314 g/mol. The van der Waals surface area contributed by atoms with E-state index < -0.39 is 0 Å². The van der Waals surface area contributed by atoms with Crippen LogP contribution in [-0.2, 0) is 11.2 Å². The Morgan fingerprint density at radius 3 is 2.44 bits per heavy atom. The Hall–Kier alpha value is -1.49. The molecule has 0 atom stereocenters. The van der Waals surface area contributed by atoms with Crippen molar-refractivity contribution in [3.8, 4) is 0 Å². The molecule has 0 bridgehead atoms. The van der Waals surface area contributed by atoms with Crippen LogP contribution in [0, 0.1) is 5.41 Å². The van der Waals surface area contributed by atoms with E-state index in [-0.39, 0.29) is 0 Å². The predicted octanol–water partition coefficient (Wildman–Crippen LogP) is 3.51. The summed E-state index contributed by atoms with van der Waals surface area (Å²) in [6, 6.07) is 4.94. The molecule has 1 saturated heterocycles. The zero-order valence-corrected chi connectivity index (χ0v) is 15.7. The number of ether oxygens (including phenoxy) is 1. The van der Waals surface area contributed by atoms with Crippen LogP contribution in [0.4, 0.5) is 0 Å². The number of hydrogen-bond donors (Lipinski definition) is 2. The Morgan fingerprint density at radius 2 is 1.80 bits per heavy atom. The molecule has 1 aromatic heterocycles. The van der Waals surface area contributed by atoms with Crippen molar-refractivity contribution < 1.29 is 9.15 Å². The minimum atomic E-state index is 0.462. The lowest BCUT2D eigenvalue weighted by Gasteiger charge is -2.36. The van der Waals surface area contributed by atoms with Crippen LogP contribution in [0.15, 0.2) is 27.8 Å². The van der Waals surface area contributed by atoms with Gasteiger partial charge in [0.25, 0.3) is 0 Å². The highest BCUT2D eigenvalue weighted by Gasteiger charge is 2.27. The average Bonchev–Trinajstić information content (AvgIpc) is 3.11. The first-order chi connectivity index (χ1) is 12.1. The second kappa shape index (κ2) is 8.75. The third-order valence-corrected chi connectivity index (χ3v) is 5.45. The fraction of sp³-hybridized carbons (Fsp3) is 0.750. The molecule has 0 radical (unpaired) electrons. The molecule has 2 N–H and O–H groups in total. The zero-order valence-electron chi connectivity index (χ0n) is 15.7. The molecule has 0 unspecified atom stereocenters. The standard InChI is InChI=1S/C20H33N3O2/c1-20(2)10-5-16(6-11-20)22-19(23-17-8-14-24-15-9-17)21-12-7-18-4-3-13-25-18/h3-4,13,16-17H,5-12,14-15H2,1-2H3,(H2,21,22,23). The summed E-state index contributed by atoms with van der Waals surface area (Å²) in [5.41, 5.74) is 0.489. The molecule has 5 heteroatoms. The van der Waals surface area contributed by atoms with E-state index >= 15 is 0 Å². The summed E-state index contributed by atoms with van der Waals surface area (Å²) in [6.07, 6.45) is 9.67. The molecule has 5 nitrogen and oxygen atoms in total. The van der Waals surface area contributed by atoms with Gasteiger partial charge < -0.3 is 19.8 Å². The Balaban J connectivity index is 1.55. The van der Waals surface area contributed by atoms with Crippen molar-refractivity contribution in [3.63, 3.8) is 0 Å². The molecule has 0 aromatic carbocycles. The highest BCUT2D eigenvalue weighted by Crippen LogP contribution is 2.34. The van der Waals surface area contributed by atoms with Crippen molar-refractivity contribution in [1.82, 2.24) is 10.6 Å². The van der Waals surface area contributed by atoms with Gasteiger partial charge in [-0.3, -0.25) is 4.99 Å². The van der Waals surface area contributed by atoms with Crippen LogP contribution in [0.5, 0.6) is 0 Å². The van der Waals surface area contributed by atoms with Gasteiger partial charge in [-0.05, 0) is 56.1 Å². The second-order valence-corrected chi connectivity index (χ2v) is 8.17. The van der Waals surface area contributed by atoms with E-state index in [0.29, 0.717) is 17.5 Å². The Kier molecular flexibility index (Phi) is 6.40. The second-order valence-electron chi connectivity index (χ2n) is 8.17. The van der Waals surface area contributed by atoms with Gasteiger partial charge in [0, 0.05) is 38.3 Å². The molecule has 2 fully saturated rings. The summed E-state index contributed by atoms with van der Waals surface area (Å²) in [5, 5.41) is 7.32. The topological polar surface area (TPSA) is 58.8 Å². The number of rotatable bonds is 5. The summed E-state index contributed by atoms with van der Waals surface area (Å²) in [6.45, 7) is 7.18. The van der Waals surface area contributed by atoms with Gasteiger partial charge >= 0.3 is 0 Å². The highest BCUT2D eigenvalue weighted by molar-refractivity contribution is 5.80. The van der Waals surface area contributed by atoms with Crippen molar-refractivity contribution in [2.75, 3.05) is 19.8 Å². The van der Waals surface area contributed by atoms with E-state index in [1.807, 2.05) is 12.1 Å². The van der Waals surface area contributed by atoms with Gasteiger partial charge in [0.2, 0.25) is 0 Å². The third-order valence-electron chi connectivity index (χ3n) is 5.45. The lowest BCUT2D eigenvalue weighted by molar-refractivity contribution is 0.0821. The van der Waals surface area contributed by atoms with E-state index in [4.69, 9.17) is 14.1 Å². The maximum Gasteiger partial charge on any atom is 0.191 e. The summed E-state index contributed by atoms with van der Waals surface area (Å²) in [5.74, 6) is 1.96. The van der Waals surface area contributed by atoms with Gasteiger partial charge in [-0.2, -0.15) is 0 Å². The molecule has 2 heterocycles. The molecule has 0 amide bonds. The minimum Gasteiger partial charge on any atom is -0.469 e. The highest BCUT2D eigenvalue weighted by atomic mass is 16.5. The lowest BCUT2D eigenvalue weighted by atomic mass is 9.75. The van der Waals surface area contributed by atoms with Crippen LogP contribution < -0.4 is 10.6 Å². The Bertz CT molecular complexity index is 523. The first kappa shape index (κ1) is 18.3. The zero-order chi connectivity index (χ0) is 17.5.